The van der Waals surface area contributed by atoms with Gasteiger partial charge in [0.25, 0.3) is 17.3 Å². The Morgan fingerprint density at radius 3 is 2.54 bits per heavy atom. The summed E-state index contributed by atoms with van der Waals surface area (Å²) < 4.78 is 2.73. The molecule has 2 aromatic carbocycles. The number of non-ortho nitro benzene ring substituents is 1. The molecule has 3 aromatic rings. The van der Waals surface area contributed by atoms with Crippen LogP contribution in [0.2, 0.25) is 0 Å². The molecule has 1 heterocycles. The van der Waals surface area contributed by atoms with Crippen LogP contribution in [0, 0.1) is 20.2 Å². The molecule has 0 aliphatic rings. The Balaban J connectivity index is 1.96. The molecular weight excluding hydrogens is 362 g/mol. The van der Waals surface area contributed by atoms with E-state index in [9.17, 15) is 25.0 Å². The minimum atomic E-state index is -0.846. The van der Waals surface area contributed by atoms with Gasteiger partial charge in [0.15, 0.2) is 0 Å². The Morgan fingerprint density at radius 1 is 1.15 bits per heavy atom. The van der Waals surface area contributed by atoms with E-state index in [1.165, 1.54) is 11.3 Å². The van der Waals surface area contributed by atoms with Gasteiger partial charge >= 0.3 is 0 Å². The van der Waals surface area contributed by atoms with E-state index < -0.39 is 27.1 Å². The molecule has 0 unspecified atom stereocenters. The summed E-state index contributed by atoms with van der Waals surface area (Å²) in [7, 11) is 1.78. The van der Waals surface area contributed by atoms with Crippen LogP contribution in [-0.2, 0) is 7.05 Å². The minimum absolute atomic E-state index is 0.312. The third-order valence-corrected chi connectivity index (χ3v) is 4.71. The molecule has 26 heavy (non-hydrogen) atoms. The Kier molecular flexibility index (Phi) is 4.45. The molecule has 0 fully saturated rings. The summed E-state index contributed by atoms with van der Waals surface area (Å²) in [5.41, 5.74) is 1.74. The number of fused-ring (bicyclic) bond motifs is 1. The van der Waals surface area contributed by atoms with E-state index in [1.54, 1.807) is 11.6 Å². The van der Waals surface area contributed by atoms with Gasteiger partial charge in [-0.25, -0.2) is 5.43 Å². The maximum Gasteiger partial charge on any atom is 0.289 e. The molecule has 0 bridgehead atoms. The second kappa shape index (κ2) is 6.72. The maximum absolute atomic E-state index is 12.3. The highest BCUT2D eigenvalue weighted by molar-refractivity contribution is 7.16. The lowest BCUT2D eigenvalue weighted by Gasteiger charge is -2.01. The predicted molar refractivity (Wildman–Crippen MR) is 93.6 cm³/mol. The van der Waals surface area contributed by atoms with Gasteiger partial charge in [-0.05, 0) is 18.2 Å². The first-order valence-corrected chi connectivity index (χ1v) is 8.01. The molecule has 0 radical (unpaired) electrons. The van der Waals surface area contributed by atoms with Crippen LogP contribution < -0.4 is 10.2 Å². The number of hydrogen-bond acceptors (Lipinski definition) is 7. The van der Waals surface area contributed by atoms with Gasteiger partial charge in [0.05, 0.1) is 26.1 Å². The highest BCUT2D eigenvalue weighted by atomic mass is 32.1. The molecule has 0 aliphatic carbocycles. The van der Waals surface area contributed by atoms with Crippen molar-refractivity contribution < 1.29 is 14.6 Å². The second-order valence-electron chi connectivity index (χ2n) is 5.18. The normalized spacial score (nSPS) is 11.5. The number of para-hydroxylation sites is 1. The van der Waals surface area contributed by atoms with Crippen molar-refractivity contribution in [3.05, 3.63) is 73.1 Å². The number of carbonyl (C=O) groups excluding carboxylic acids is 1. The first-order chi connectivity index (χ1) is 12.4. The first-order valence-electron chi connectivity index (χ1n) is 7.20. The summed E-state index contributed by atoms with van der Waals surface area (Å²) in [6.45, 7) is 0. The van der Waals surface area contributed by atoms with Gasteiger partial charge in [0.1, 0.15) is 5.56 Å². The fourth-order valence-corrected chi connectivity index (χ4v) is 3.30. The van der Waals surface area contributed by atoms with E-state index in [-0.39, 0.29) is 5.56 Å². The van der Waals surface area contributed by atoms with Crippen LogP contribution in [0.15, 0.2) is 47.6 Å². The Bertz CT molecular complexity index is 1120. The molecule has 0 atom stereocenters. The minimum Gasteiger partial charge on any atom is -0.318 e. The Morgan fingerprint density at radius 2 is 1.88 bits per heavy atom. The molecule has 11 heteroatoms. The van der Waals surface area contributed by atoms with Crippen LogP contribution in [0.25, 0.3) is 10.2 Å². The van der Waals surface area contributed by atoms with Crippen LogP contribution in [0.5, 0.6) is 0 Å². The van der Waals surface area contributed by atoms with Crippen molar-refractivity contribution in [3.8, 4) is 0 Å². The fraction of sp³-hybridized carbons (Fsp3) is 0.0667. The summed E-state index contributed by atoms with van der Waals surface area (Å²) in [4.78, 5) is 33.0. The average molecular weight is 373 g/mol. The number of amides is 1. The van der Waals surface area contributed by atoms with Gasteiger partial charge in [-0.2, -0.15) is 0 Å². The zero-order valence-electron chi connectivity index (χ0n) is 13.3. The predicted octanol–water partition coefficient (Wildman–Crippen LogP) is 2.30. The maximum atomic E-state index is 12.3. The van der Waals surface area contributed by atoms with Gasteiger partial charge in [-0.3, -0.25) is 25.0 Å². The van der Waals surface area contributed by atoms with E-state index in [0.29, 0.717) is 4.80 Å². The van der Waals surface area contributed by atoms with Gasteiger partial charge in [0, 0.05) is 13.1 Å². The van der Waals surface area contributed by atoms with Gasteiger partial charge in [-0.1, -0.05) is 23.5 Å². The molecule has 1 amide bonds. The Labute approximate surface area is 149 Å². The van der Waals surface area contributed by atoms with E-state index in [4.69, 9.17) is 0 Å². The number of benzene rings is 2. The summed E-state index contributed by atoms with van der Waals surface area (Å²) in [6, 6.07) is 10.4. The number of aromatic nitrogens is 1. The van der Waals surface area contributed by atoms with Crippen LogP contribution in [0.4, 0.5) is 11.4 Å². The van der Waals surface area contributed by atoms with Crippen molar-refractivity contribution in [2.24, 2.45) is 12.1 Å². The average Bonchev–Trinajstić information content (AvgIpc) is 2.95. The molecule has 132 valence electrons. The molecule has 1 N–H and O–H groups in total. The van der Waals surface area contributed by atoms with Gasteiger partial charge < -0.3 is 4.57 Å². The van der Waals surface area contributed by atoms with Crippen LogP contribution in [0.1, 0.15) is 10.4 Å². The van der Waals surface area contributed by atoms with Gasteiger partial charge in [-0.15, -0.1) is 5.10 Å². The molecule has 0 saturated heterocycles. The molecule has 0 spiro atoms. The monoisotopic (exact) mass is 373 g/mol. The second-order valence-corrected chi connectivity index (χ2v) is 6.19. The molecule has 3 rings (SSSR count). The topological polar surface area (TPSA) is 133 Å². The lowest BCUT2D eigenvalue weighted by atomic mass is 10.1. The van der Waals surface area contributed by atoms with Crippen molar-refractivity contribution in [1.82, 2.24) is 9.99 Å². The number of carbonyl (C=O) groups is 1. The fourth-order valence-electron chi connectivity index (χ4n) is 2.32. The highest BCUT2D eigenvalue weighted by Crippen LogP contribution is 2.24. The molecule has 10 nitrogen and oxygen atoms in total. The van der Waals surface area contributed by atoms with Crippen LogP contribution in [-0.4, -0.2) is 20.3 Å². The number of hydrogen-bond donors (Lipinski definition) is 1. The standard InChI is InChI=1S/C15H11N5O5S/c1-18-11-4-2-3-5-13(11)26-15(18)17-16-14(21)10-7-6-9(19(22)23)8-12(10)20(24)25/h2-8H,1H3,(H,16,21). The van der Waals surface area contributed by atoms with Crippen LogP contribution >= 0.6 is 11.3 Å². The van der Waals surface area contributed by atoms with Crippen LogP contribution in [0.3, 0.4) is 0 Å². The number of nitrogens with zero attached hydrogens (tertiary/aromatic N) is 4. The van der Waals surface area contributed by atoms with Gasteiger partial charge in [0.2, 0.25) is 4.80 Å². The number of aryl methyl sites for hydroxylation is 1. The lowest BCUT2D eigenvalue weighted by Crippen LogP contribution is -2.24. The summed E-state index contributed by atoms with van der Waals surface area (Å²) in [5, 5.41) is 25.9. The number of nitrogens with one attached hydrogen (secondary N) is 1. The summed E-state index contributed by atoms with van der Waals surface area (Å²) >= 11 is 1.34. The van der Waals surface area contributed by atoms with E-state index in [2.05, 4.69) is 10.5 Å². The molecular formula is C15H11N5O5S. The van der Waals surface area contributed by atoms with E-state index in [0.717, 1.165) is 28.4 Å². The number of nitro groups is 2. The SMILES string of the molecule is Cn1c(=NNC(=O)c2ccc([N+](=O)[O-])cc2[N+](=O)[O-])sc2ccccc21. The third-order valence-electron chi connectivity index (χ3n) is 3.60. The molecule has 0 aliphatic heterocycles. The van der Waals surface area contributed by atoms with E-state index in [1.807, 2.05) is 24.3 Å². The zero-order valence-corrected chi connectivity index (χ0v) is 14.1. The smallest absolute Gasteiger partial charge is 0.289 e. The lowest BCUT2D eigenvalue weighted by molar-refractivity contribution is -0.394. The van der Waals surface area contributed by atoms with E-state index >= 15 is 0 Å². The quantitative estimate of drug-likeness (QED) is 0.553. The largest absolute Gasteiger partial charge is 0.318 e. The van der Waals surface area contributed by atoms with Crippen molar-refractivity contribution >= 4 is 38.8 Å². The number of nitro benzene ring substituents is 2. The summed E-state index contributed by atoms with van der Waals surface area (Å²) in [6.07, 6.45) is 0. The highest BCUT2D eigenvalue weighted by Gasteiger charge is 2.24. The van der Waals surface area contributed by atoms with Crippen molar-refractivity contribution in [2.45, 2.75) is 0 Å². The first kappa shape index (κ1) is 17.2. The zero-order chi connectivity index (χ0) is 18.8. The van der Waals surface area contributed by atoms with Crippen molar-refractivity contribution in [3.63, 3.8) is 0 Å². The van der Waals surface area contributed by atoms with Crippen molar-refractivity contribution in [1.29, 1.82) is 0 Å². The molecule has 0 saturated carbocycles. The third kappa shape index (κ3) is 3.15. The summed E-state index contributed by atoms with van der Waals surface area (Å²) in [5.74, 6) is -0.830. The van der Waals surface area contributed by atoms with Crippen molar-refractivity contribution in [2.75, 3.05) is 0 Å². The molecule has 1 aromatic heterocycles. The number of thiazole rings is 1. The number of rotatable bonds is 4. The Hall–Kier alpha value is -3.60.